The molecule has 1 heterocycles. The summed E-state index contributed by atoms with van der Waals surface area (Å²) < 4.78 is 1.81. The number of hydrogen-bond donors (Lipinski definition) is 0. The Morgan fingerprint density at radius 3 is 2.81 bits per heavy atom. The number of hydrogen-bond acceptors (Lipinski definition) is 3. The highest BCUT2D eigenvalue weighted by Crippen LogP contribution is 2.23. The summed E-state index contributed by atoms with van der Waals surface area (Å²) in [6.07, 6.45) is 0.340. The Labute approximate surface area is 134 Å². The van der Waals surface area contributed by atoms with Crippen LogP contribution in [0.1, 0.15) is 23.9 Å². The molecule has 0 aliphatic carbocycles. The van der Waals surface area contributed by atoms with Crippen LogP contribution in [-0.2, 0) is 17.8 Å². The molecule has 112 valence electrons. The number of ketones is 1. The standard InChI is InChI=1S/C16H19ClN2OS/c1-4-19-15(16(17)12(3)18-19)9-13(20)10-21-14-7-5-6-11(2)8-14/h5-8H,4,9-10H2,1-3H3. The molecule has 0 atom stereocenters. The van der Waals surface area contributed by atoms with Crippen molar-refractivity contribution in [2.24, 2.45) is 0 Å². The predicted octanol–water partition coefficient (Wildman–Crippen LogP) is 4.08. The van der Waals surface area contributed by atoms with Crippen LogP contribution < -0.4 is 0 Å². The van der Waals surface area contributed by atoms with Crippen molar-refractivity contribution in [3.63, 3.8) is 0 Å². The SMILES string of the molecule is CCn1nc(C)c(Cl)c1CC(=O)CSc1cccc(C)c1. The molecule has 0 saturated carbocycles. The number of carbonyl (C=O) groups excluding carboxylic acids is 1. The molecule has 2 rings (SSSR count). The van der Waals surface area contributed by atoms with E-state index in [1.807, 2.05) is 43.7 Å². The molecular formula is C16H19ClN2OS. The summed E-state index contributed by atoms with van der Waals surface area (Å²) in [4.78, 5) is 13.3. The van der Waals surface area contributed by atoms with Gasteiger partial charge in [-0.15, -0.1) is 11.8 Å². The minimum absolute atomic E-state index is 0.165. The zero-order chi connectivity index (χ0) is 15.4. The molecule has 2 aromatic rings. The smallest absolute Gasteiger partial charge is 0.149 e. The Kier molecular flexibility index (Phi) is 5.48. The van der Waals surface area contributed by atoms with E-state index < -0.39 is 0 Å². The number of Topliss-reactive ketones (excluding diaryl/α,β-unsaturated/α-hetero) is 1. The molecule has 21 heavy (non-hydrogen) atoms. The fourth-order valence-corrected chi connectivity index (χ4v) is 3.22. The second-order valence-electron chi connectivity index (χ2n) is 4.98. The third-order valence-corrected chi connectivity index (χ3v) is 4.75. The summed E-state index contributed by atoms with van der Waals surface area (Å²) in [5.41, 5.74) is 2.81. The highest BCUT2D eigenvalue weighted by molar-refractivity contribution is 8.00. The van der Waals surface area contributed by atoms with Gasteiger partial charge in [-0.25, -0.2) is 0 Å². The zero-order valence-electron chi connectivity index (χ0n) is 12.5. The fourth-order valence-electron chi connectivity index (χ4n) is 2.14. The first-order chi connectivity index (χ1) is 10.0. The van der Waals surface area contributed by atoms with Crippen molar-refractivity contribution < 1.29 is 4.79 Å². The molecule has 5 heteroatoms. The molecule has 1 aromatic carbocycles. The number of aryl methyl sites for hydroxylation is 3. The zero-order valence-corrected chi connectivity index (χ0v) is 14.1. The quantitative estimate of drug-likeness (QED) is 0.752. The van der Waals surface area contributed by atoms with Crippen molar-refractivity contribution in [3.8, 4) is 0 Å². The van der Waals surface area contributed by atoms with Crippen molar-refractivity contribution >= 4 is 29.1 Å². The van der Waals surface area contributed by atoms with Gasteiger partial charge in [0.05, 0.1) is 28.6 Å². The van der Waals surface area contributed by atoms with Gasteiger partial charge in [-0.3, -0.25) is 9.48 Å². The first-order valence-corrected chi connectivity index (χ1v) is 8.30. The second-order valence-corrected chi connectivity index (χ2v) is 6.41. The van der Waals surface area contributed by atoms with E-state index in [1.165, 1.54) is 5.56 Å². The number of rotatable bonds is 6. The summed E-state index contributed by atoms with van der Waals surface area (Å²) in [5.74, 6) is 0.617. The lowest BCUT2D eigenvalue weighted by molar-refractivity contribution is -0.116. The molecule has 0 aliphatic rings. The molecule has 0 spiro atoms. The average molecular weight is 323 g/mol. The molecular weight excluding hydrogens is 304 g/mol. The molecule has 3 nitrogen and oxygen atoms in total. The Morgan fingerprint density at radius 1 is 1.38 bits per heavy atom. The van der Waals surface area contributed by atoms with E-state index in [2.05, 4.69) is 11.2 Å². The van der Waals surface area contributed by atoms with Crippen LogP contribution in [0.4, 0.5) is 0 Å². The third-order valence-electron chi connectivity index (χ3n) is 3.21. The number of carbonyl (C=O) groups is 1. The van der Waals surface area contributed by atoms with Crippen molar-refractivity contribution in [2.45, 2.75) is 38.6 Å². The molecule has 0 fully saturated rings. The number of benzene rings is 1. The first kappa shape index (κ1) is 16.1. The van der Waals surface area contributed by atoms with Crippen molar-refractivity contribution in [1.82, 2.24) is 9.78 Å². The molecule has 0 amide bonds. The number of aromatic nitrogens is 2. The second kappa shape index (κ2) is 7.14. The van der Waals surface area contributed by atoms with Crippen molar-refractivity contribution in [2.75, 3.05) is 5.75 Å². The number of halogens is 1. The van der Waals surface area contributed by atoms with E-state index in [1.54, 1.807) is 11.8 Å². The molecule has 0 N–H and O–H groups in total. The Bertz CT molecular complexity index is 652. The predicted molar refractivity (Wildman–Crippen MR) is 88.3 cm³/mol. The van der Waals surface area contributed by atoms with Crippen LogP contribution in [0.2, 0.25) is 5.02 Å². The van der Waals surface area contributed by atoms with Gasteiger partial charge in [0.25, 0.3) is 0 Å². The minimum atomic E-state index is 0.165. The van der Waals surface area contributed by atoms with Crippen LogP contribution in [0, 0.1) is 13.8 Å². The largest absolute Gasteiger partial charge is 0.298 e. The summed E-state index contributed by atoms with van der Waals surface area (Å²) in [6.45, 7) is 6.64. The maximum atomic E-state index is 12.2. The van der Waals surface area contributed by atoms with Gasteiger partial charge < -0.3 is 0 Å². The van der Waals surface area contributed by atoms with Gasteiger partial charge in [0.15, 0.2) is 0 Å². The third kappa shape index (κ3) is 4.11. The fraction of sp³-hybridized carbons (Fsp3) is 0.375. The molecule has 0 saturated heterocycles. The summed E-state index contributed by atoms with van der Waals surface area (Å²) >= 11 is 7.80. The van der Waals surface area contributed by atoms with Gasteiger partial charge in [0, 0.05) is 11.4 Å². The minimum Gasteiger partial charge on any atom is -0.298 e. The highest BCUT2D eigenvalue weighted by atomic mass is 35.5. The molecule has 1 aromatic heterocycles. The monoisotopic (exact) mass is 322 g/mol. The lowest BCUT2D eigenvalue weighted by atomic mass is 10.2. The average Bonchev–Trinajstić information content (AvgIpc) is 2.73. The Balaban J connectivity index is 1.99. The van der Waals surface area contributed by atoms with E-state index in [4.69, 9.17) is 11.6 Å². The maximum absolute atomic E-state index is 12.2. The van der Waals surface area contributed by atoms with Crippen LogP contribution in [0.3, 0.4) is 0 Å². The van der Waals surface area contributed by atoms with Crippen LogP contribution in [0.25, 0.3) is 0 Å². The topological polar surface area (TPSA) is 34.9 Å². The van der Waals surface area contributed by atoms with Crippen LogP contribution in [-0.4, -0.2) is 21.3 Å². The van der Waals surface area contributed by atoms with Crippen molar-refractivity contribution in [3.05, 3.63) is 46.2 Å². The Morgan fingerprint density at radius 2 is 2.14 bits per heavy atom. The molecule has 0 unspecified atom stereocenters. The lowest BCUT2D eigenvalue weighted by Gasteiger charge is -2.05. The van der Waals surface area contributed by atoms with Gasteiger partial charge in [-0.1, -0.05) is 29.3 Å². The molecule has 0 radical (unpaired) electrons. The first-order valence-electron chi connectivity index (χ1n) is 6.94. The Hall–Kier alpha value is -1.26. The van der Waals surface area contributed by atoms with Gasteiger partial charge in [0.2, 0.25) is 0 Å². The molecule has 0 aliphatic heterocycles. The van der Waals surface area contributed by atoms with E-state index in [9.17, 15) is 4.79 Å². The number of nitrogens with zero attached hydrogens (tertiary/aromatic N) is 2. The summed E-state index contributed by atoms with van der Waals surface area (Å²) in [6, 6.07) is 8.17. The van der Waals surface area contributed by atoms with Crippen LogP contribution >= 0.6 is 23.4 Å². The van der Waals surface area contributed by atoms with Gasteiger partial charge in [0.1, 0.15) is 5.78 Å². The van der Waals surface area contributed by atoms with Gasteiger partial charge >= 0.3 is 0 Å². The van der Waals surface area contributed by atoms with E-state index >= 15 is 0 Å². The normalized spacial score (nSPS) is 10.9. The van der Waals surface area contributed by atoms with Crippen LogP contribution in [0.15, 0.2) is 29.2 Å². The van der Waals surface area contributed by atoms with Crippen molar-refractivity contribution in [1.29, 1.82) is 0 Å². The van der Waals surface area contributed by atoms with Crippen LogP contribution in [0.5, 0.6) is 0 Å². The summed E-state index contributed by atoms with van der Waals surface area (Å²) in [7, 11) is 0. The van der Waals surface area contributed by atoms with E-state index in [0.29, 0.717) is 17.2 Å². The van der Waals surface area contributed by atoms with E-state index in [0.717, 1.165) is 22.8 Å². The van der Waals surface area contributed by atoms with E-state index in [-0.39, 0.29) is 5.78 Å². The highest BCUT2D eigenvalue weighted by Gasteiger charge is 2.16. The lowest BCUT2D eigenvalue weighted by Crippen LogP contribution is -2.11. The van der Waals surface area contributed by atoms with Gasteiger partial charge in [-0.2, -0.15) is 5.10 Å². The maximum Gasteiger partial charge on any atom is 0.149 e. The van der Waals surface area contributed by atoms with Gasteiger partial charge in [-0.05, 0) is 32.9 Å². The summed E-state index contributed by atoms with van der Waals surface area (Å²) in [5, 5.41) is 4.95. The number of thioether (sulfide) groups is 1. The molecule has 0 bridgehead atoms.